The van der Waals surface area contributed by atoms with Gasteiger partial charge in [0, 0.05) is 17.3 Å². The first-order valence-corrected chi connectivity index (χ1v) is 8.54. The Balaban J connectivity index is 1.81. The molecule has 2 nitrogen and oxygen atoms in total. The van der Waals surface area contributed by atoms with Crippen LogP contribution in [0.3, 0.4) is 0 Å². The van der Waals surface area contributed by atoms with Crippen LogP contribution in [-0.2, 0) is 9.59 Å². The molecule has 0 unspecified atom stereocenters. The Morgan fingerprint density at radius 2 is 1.86 bits per heavy atom. The molecule has 0 amide bonds. The third kappa shape index (κ3) is 1.56. The first-order chi connectivity index (χ1) is 10.4. The average Bonchev–Trinajstić information content (AvgIpc) is 2.77. The lowest BCUT2D eigenvalue weighted by molar-refractivity contribution is -0.130. The summed E-state index contributed by atoms with van der Waals surface area (Å²) in [5.74, 6) is 2.08. The van der Waals surface area contributed by atoms with Crippen LogP contribution in [-0.4, -0.2) is 11.6 Å². The number of fused-ring (bicyclic) bond motifs is 5. The van der Waals surface area contributed by atoms with Crippen LogP contribution in [0, 0.1) is 28.6 Å². The van der Waals surface area contributed by atoms with E-state index >= 15 is 0 Å². The number of carbonyl (C=O) groups is 2. The molecule has 22 heavy (non-hydrogen) atoms. The van der Waals surface area contributed by atoms with Gasteiger partial charge in [0.15, 0.2) is 5.78 Å². The highest BCUT2D eigenvalue weighted by Gasteiger charge is 2.58. The molecule has 0 bridgehead atoms. The SMILES string of the molecule is CC1=CC(=O)C=C2C=C[C@@H]3[C@H](CC[C@]4(C)C(=O)CC[C@@H]34)[C@@]12C. The average molecular weight is 296 g/mol. The van der Waals surface area contributed by atoms with Gasteiger partial charge < -0.3 is 0 Å². The predicted octanol–water partition coefficient (Wildman–Crippen LogP) is 4.03. The Hall–Kier alpha value is -1.44. The molecule has 0 radical (unpaired) electrons. The van der Waals surface area contributed by atoms with Crippen LogP contribution in [0.5, 0.6) is 0 Å². The van der Waals surface area contributed by atoms with Gasteiger partial charge in [0.2, 0.25) is 0 Å². The molecule has 0 spiro atoms. The van der Waals surface area contributed by atoms with E-state index in [9.17, 15) is 9.59 Å². The summed E-state index contributed by atoms with van der Waals surface area (Å²) in [5.41, 5.74) is 2.24. The van der Waals surface area contributed by atoms with E-state index in [1.54, 1.807) is 0 Å². The summed E-state index contributed by atoms with van der Waals surface area (Å²) < 4.78 is 0. The second-order valence-electron chi connectivity index (χ2n) is 8.10. The summed E-state index contributed by atoms with van der Waals surface area (Å²) in [6.45, 7) is 6.60. The molecule has 0 saturated heterocycles. The summed E-state index contributed by atoms with van der Waals surface area (Å²) in [4.78, 5) is 24.3. The van der Waals surface area contributed by atoms with Crippen molar-refractivity contribution < 1.29 is 9.59 Å². The molecule has 0 heterocycles. The van der Waals surface area contributed by atoms with Crippen molar-refractivity contribution in [3.8, 4) is 0 Å². The lowest BCUT2D eigenvalue weighted by Crippen LogP contribution is -2.49. The molecule has 4 aliphatic carbocycles. The van der Waals surface area contributed by atoms with Crippen LogP contribution in [0.2, 0.25) is 0 Å². The Labute approximate surface area is 132 Å². The van der Waals surface area contributed by atoms with Crippen LogP contribution >= 0.6 is 0 Å². The van der Waals surface area contributed by atoms with Crippen molar-refractivity contribution in [2.24, 2.45) is 28.6 Å². The van der Waals surface area contributed by atoms with E-state index in [2.05, 4.69) is 32.9 Å². The number of carbonyl (C=O) groups excluding carboxylic acids is 2. The highest BCUT2D eigenvalue weighted by molar-refractivity contribution is 6.02. The minimum Gasteiger partial charge on any atom is -0.299 e. The minimum absolute atomic E-state index is 0.0275. The maximum atomic E-state index is 12.4. The third-order valence-corrected chi connectivity index (χ3v) is 7.36. The first kappa shape index (κ1) is 14.2. The fourth-order valence-electron chi connectivity index (χ4n) is 5.79. The standard InChI is InChI=1S/C20H24O2/c1-12-10-14(21)11-13-4-5-15-16-6-7-18(22)19(16,2)9-8-17(15)20(12,13)3/h4-5,10-11,15-17H,6-9H2,1-3H3/t15-,16-,17-,19-,20-/m0/s1. The minimum atomic E-state index is -0.106. The zero-order valence-corrected chi connectivity index (χ0v) is 13.7. The molecule has 116 valence electrons. The predicted molar refractivity (Wildman–Crippen MR) is 86.1 cm³/mol. The highest BCUT2D eigenvalue weighted by atomic mass is 16.1. The Kier molecular flexibility index (Phi) is 2.77. The van der Waals surface area contributed by atoms with Gasteiger partial charge >= 0.3 is 0 Å². The molecule has 5 atom stereocenters. The van der Waals surface area contributed by atoms with Gasteiger partial charge in [-0.2, -0.15) is 0 Å². The lowest BCUT2D eigenvalue weighted by Gasteiger charge is -2.54. The number of rotatable bonds is 0. The number of hydrogen-bond acceptors (Lipinski definition) is 2. The quantitative estimate of drug-likeness (QED) is 0.676. The fourth-order valence-corrected chi connectivity index (χ4v) is 5.79. The molecule has 2 heteroatoms. The summed E-state index contributed by atoms with van der Waals surface area (Å²) >= 11 is 0. The maximum absolute atomic E-state index is 12.4. The molecule has 2 fully saturated rings. The summed E-state index contributed by atoms with van der Waals surface area (Å²) in [6.07, 6.45) is 12.0. The van der Waals surface area contributed by atoms with E-state index < -0.39 is 0 Å². The Morgan fingerprint density at radius 1 is 1.09 bits per heavy atom. The highest BCUT2D eigenvalue weighted by Crippen LogP contribution is 2.63. The Morgan fingerprint density at radius 3 is 2.64 bits per heavy atom. The van der Waals surface area contributed by atoms with Gasteiger partial charge in [-0.25, -0.2) is 0 Å². The van der Waals surface area contributed by atoms with Gasteiger partial charge in [0.1, 0.15) is 5.78 Å². The monoisotopic (exact) mass is 296 g/mol. The van der Waals surface area contributed by atoms with E-state index in [1.807, 2.05) is 12.2 Å². The maximum Gasteiger partial charge on any atom is 0.178 e. The van der Waals surface area contributed by atoms with E-state index in [1.165, 1.54) is 11.1 Å². The molecular weight excluding hydrogens is 272 g/mol. The topological polar surface area (TPSA) is 34.1 Å². The van der Waals surface area contributed by atoms with E-state index in [0.717, 1.165) is 25.7 Å². The number of allylic oxidation sites excluding steroid dienone is 6. The molecule has 0 aromatic rings. The third-order valence-electron chi connectivity index (χ3n) is 7.36. The molecule has 4 aliphatic rings. The smallest absolute Gasteiger partial charge is 0.178 e. The summed E-state index contributed by atoms with van der Waals surface area (Å²) in [5, 5.41) is 0. The van der Waals surface area contributed by atoms with Gasteiger partial charge in [-0.3, -0.25) is 9.59 Å². The zero-order chi connectivity index (χ0) is 15.7. The van der Waals surface area contributed by atoms with Crippen LogP contribution in [0.15, 0.2) is 35.5 Å². The molecule has 0 aliphatic heterocycles. The van der Waals surface area contributed by atoms with Crippen molar-refractivity contribution in [1.29, 1.82) is 0 Å². The van der Waals surface area contributed by atoms with Crippen LogP contribution < -0.4 is 0 Å². The zero-order valence-electron chi connectivity index (χ0n) is 13.7. The van der Waals surface area contributed by atoms with Crippen molar-refractivity contribution in [1.82, 2.24) is 0 Å². The number of ketones is 2. The van der Waals surface area contributed by atoms with Gasteiger partial charge in [0.05, 0.1) is 0 Å². The molecule has 0 aromatic heterocycles. The van der Waals surface area contributed by atoms with E-state index in [-0.39, 0.29) is 16.6 Å². The second kappa shape index (κ2) is 4.31. The van der Waals surface area contributed by atoms with Gasteiger partial charge in [-0.1, -0.05) is 31.6 Å². The largest absolute Gasteiger partial charge is 0.299 e. The van der Waals surface area contributed by atoms with Crippen molar-refractivity contribution in [3.63, 3.8) is 0 Å². The van der Waals surface area contributed by atoms with Gasteiger partial charge in [0.25, 0.3) is 0 Å². The van der Waals surface area contributed by atoms with Crippen molar-refractivity contribution >= 4 is 11.6 Å². The van der Waals surface area contributed by atoms with Crippen molar-refractivity contribution in [3.05, 3.63) is 35.5 Å². The van der Waals surface area contributed by atoms with Gasteiger partial charge in [-0.15, -0.1) is 0 Å². The summed E-state index contributed by atoms with van der Waals surface area (Å²) in [7, 11) is 0. The molecule has 4 rings (SSSR count). The van der Waals surface area contributed by atoms with Crippen LogP contribution in [0.4, 0.5) is 0 Å². The number of Topliss-reactive ketones (excluding diaryl/α,β-unsaturated/α-hetero) is 1. The molecule has 0 N–H and O–H groups in total. The van der Waals surface area contributed by atoms with Crippen LogP contribution in [0.1, 0.15) is 46.5 Å². The van der Waals surface area contributed by atoms with E-state index in [0.29, 0.717) is 23.5 Å². The van der Waals surface area contributed by atoms with E-state index in [4.69, 9.17) is 0 Å². The summed E-state index contributed by atoms with van der Waals surface area (Å²) in [6, 6.07) is 0. The van der Waals surface area contributed by atoms with Crippen molar-refractivity contribution in [2.75, 3.05) is 0 Å². The number of hydrogen-bond donors (Lipinski definition) is 0. The lowest BCUT2D eigenvalue weighted by atomic mass is 9.49. The van der Waals surface area contributed by atoms with Crippen molar-refractivity contribution in [2.45, 2.75) is 46.5 Å². The second-order valence-corrected chi connectivity index (χ2v) is 8.10. The molecule has 0 aromatic carbocycles. The molecule has 2 saturated carbocycles. The van der Waals surface area contributed by atoms with Gasteiger partial charge in [-0.05, 0) is 61.7 Å². The molecular formula is C20H24O2. The van der Waals surface area contributed by atoms with Crippen LogP contribution in [0.25, 0.3) is 0 Å². The fraction of sp³-hybridized carbons (Fsp3) is 0.600. The first-order valence-electron chi connectivity index (χ1n) is 8.54. The normalized spacial score (nSPS) is 46.6. The Bertz CT molecular complexity index is 665.